The minimum atomic E-state index is -0.112. The quantitative estimate of drug-likeness (QED) is 0.692. The normalized spacial score (nSPS) is 23.5. The second-order valence-corrected chi connectivity index (χ2v) is 5.85. The van der Waals surface area contributed by atoms with Gasteiger partial charge in [-0.1, -0.05) is 6.92 Å². The van der Waals surface area contributed by atoms with Crippen molar-refractivity contribution in [3.8, 4) is 0 Å². The lowest BCUT2D eigenvalue weighted by Crippen LogP contribution is -2.40. The molecule has 17 heavy (non-hydrogen) atoms. The third-order valence-corrected chi connectivity index (χ3v) is 4.45. The van der Waals surface area contributed by atoms with E-state index in [1.165, 1.54) is 32.8 Å². The Bertz CT molecular complexity index is 259. The molecule has 98 valence electrons. The number of rotatable bonds is 7. The fourth-order valence-corrected chi connectivity index (χ4v) is 2.66. The highest BCUT2D eigenvalue weighted by molar-refractivity contribution is 5.72. The van der Waals surface area contributed by atoms with Crippen LogP contribution in [0.3, 0.4) is 0 Å². The van der Waals surface area contributed by atoms with Crippen molar-refractivity contribution >= 4 is 5.97 Å². The maximum atomic E-state index is 11.4. The summed E-state index contributed by atoms with van der Waals surface area (Å²) in [4.78, 5) is 11.4. The highest BCUT2D eigenvalue weighted by Gasteiger charge is 2.41. The lowest BCUT2D eigenvalue weighted by molar-refractivity contribution is -0.145. The van der Waals surface area contributed by atoms with E-state index in [4.69, 9.17) is 4.74 Å². The first-order valence-corrected chi connectivity index (χ1v) is 6.94. The molecule has 2 atom stereocenters. The molecule has 0 spiro atoms. The number of esters is 1. The number of hydrogen-bond acceptors (Lipinski definition) is 3. The molecule has 0 aromatic heterocycles. The maximum Gasteiger partial charge on any atom is 0.309 e. The van der Waals surface area contributed by atoms with Crippen molar-refractivity contribution < 1.29 is 9.53 Å². The first kappa shape index (κ1) is 12.9. The van der Waals surface area contributed by atoms with Gasteiger partial charge in [0.15, 0.2) is 0 Å². The van der Waals surface area contributed by atoms with Gasteiger partial charge >= 0.3 is 5.97 Å². The lowest BCUT2D eigenvalue weighted by atomic mass is 9.96. The summed E-state index contributed by atoms with van der Waals surface area (Å²) in [6.07, 6.45) is 5.68. The number of carbonyl (C=O) groups is 1. The highest BCUT2D eigenvalue weighted by Crippen LogP contribution is 2.48. The Hall–Kier alpha value is -0.570. The molecule has 2 rings (SSSR count). The van der Waals surface area contributed by atoms with Crippen LogP contribution in [0.15, 0.2) is 0 Å². The van der Waals surface area contributed by atoms with E-state index in [0.29, 0.717) is 0 Å². The van der Waals surface area contributed by atoms with Crippen LogP contribution in [0.1, 0.15) is 39.5 Å². The van der Waals surface area contributed by atoms with Crippen LogP contribution in [-0.2, 0) is 9.53 Å². The second kappa shape index (κ2) is 5.38. The van der Waals surface area contributed by atoms with Gasteiger partial charge in [0, 0.05) is 6.04 Å². The van der Waals surface area contributed by atoms with Crippen LogP contribution in [0.4, 0.5) is 0 Å². The predicted octanol–water partition coefficient (Wildman–Crippen LogP) is 2.21. The van der Waals surface area contributed by atoms with Crippen molar-refractivity contribution in [3.63, 3.8) is 0 Å². The molecule has 2 unspecified atom stereocenters. The molecule has 0 aromatic rings. The van der Waals surface area contributed by atoms with Crippen molar-refractivity contribution in [2.24, 2.45) is 23.7 Å². The second-order valence-electron chi connectivity index (χ2n) is 5.85. The number of methoxy groups -OCH3 is 1. The van der Waals surface area contributed by atoms with E-state index in [1.54, 1.807) is 0 Å². The molecule has 0 radical (unpaired) electrons. The minimum absolute atomic E-state index is 0.0564. The van der Waals surface area contributed by atoms with Gasteiger partial charge in [-0.25, -0.2) is 0 Å². The Labute approximate surface area is 104 Å². The standard InChI is InChI=1S/C14H25NO2/c1-9(14(16)17-3)10(2)15-8-13(11-4-5-11)12-6-7-12/h9-13,15H,4-8H2,1-3H3. The summed E-state index contributed by atoms with van der Waals surface area (Å²) >= 11 is 0. The average Bonchev–Trinajstić information content (AvgIpc) is 3.17. The molecule has 0 saturated heterocycles. The Morgan fingerprint density at radius 3 is 2.18 bits per heavy atom. The predicted molar refractivity (Wildman–Crippen MR) is 67.6 cm³/mol. The van der Waals surface area contributed by atoms with Gasteiger partial charge in [-0.2, -0.15) is 0 Å². The molecule has 3 heteroatoms. The summed E-state index contributed by atoms with van der Waals surface area (Å²) in [7, 11) is 1.46. The van der Waals surface area contributed by atoms with Crippen molar-refractivity contribution in [1.82, 2.24) is 5.32 Å². The third-order valence-electron chi connectivity index (χ3n) is 4.45. The van der Waals surface area contributed by atoms with E-state index >= 15 is 0 Å². The summed E-state index contributed by atoms with van der Waals surface area (Å²) in [5.74, 6) is 2.63. The smallest absolute Gasteiger partial charge is 0.309 e. The monoisotopic (exact) mass is 239 g/mol. The zero-order valence-corrected chi connectivity index (χ0v) is 11.2. The summed E-state index contributed by atoms with van der Waals surface area (Å²) < 4.78 is 4.78. The van der Waals surface area contributed by atoms with Gasteiger partial charge < -0.3 is 10.1 Å². The zero-order chi connectivity index (χ0) is 12.4. The number of nitrogens with one attached hydrogen (secondary N) is 1. The molecule has 1 N–H and O–H groups in total. The molecule has 0 aliphatic heterocycles. The lowest BCUT2D eigenvalue weighted by Gasteiger charge is -2.23. The molecule has 2 aliphatic rings. The van der Waals surface area contributed by atoms with Crippen LogP contribution in [0.25, 0.3) is 0 Å². The van der Waals surface area contributed by atoms with E-state index in [1.807, 2.05) is 6.92 Å². The van der Waals surface area contributed by atoms with Crippen LogP contribution in [0.2, 0.25) is 0 Å². The zero-order valence-electron chi connectivity index (χ0n) is 11.2. The highest BCUT2D eigenvalue weighted by atomic mass is 16.5. The first-order chi connectivity index (χ1) is 8.13. The molecule has 0 aromatic carbocycles. The van der Waals surface area contributed by atoms with Crippen molar-refractivity contribution in [1.29, 1.82) is 0 Å². The molecule has 2 aliphatic carbocycles. The van der Waals surface area contributed by atoms with Gasteiger partial charge in [-0.15, -0.1) is 0 Å². The fourth-order valence-electron chi connectivity index (χ4n) is 2.66. The summed E-state index contributed by atoms with van der Waals surface area (Å²) in [6.45, 7) is 5.10. The maximum absolute atomic E-state index is 11.4. The van der Waals surface area contributed by atoms with Gasteiger partial charge in [0.2, 0.25) is 0 Å². The largest absolute Gasteiger partial charge is 0.469 e. The van der Waals surface area contributed by atoms with Gasteiger partial charge in [-0.3, -0.25) is 4.79 Å². The number of ether oxygens (including phenoxy) is 1. The molecule has 0 heterocycles. The van der Waals surface area contributed by atoms with E-state index in [-0.39, 0.29) is 17.9 Å². The summed E-state index contributed by atoms with van der Waals surface area (Å²) in [5.41, 5.74) is 0. The number of carbonyl (C=O) groups excluding carboxylic acids is 1. The third kappa shape index (κ3) is 3.44. The molecule has 3 nitrogen and oxygen atoms in total. The van der Waals surface area contributed by atoms with E-state index < -0.39 is 0 Å². The Morgan fingerprint density at radius 2 is 1.76 bits per heavy atom. The fraction of sp³-hybridized carbons (Fsp3) is 0.929. The molecular formula is C14H25NO2. The van der Waals surface area contributed by atoms with E-state index in [9.17, 15) is 4.79 Å². The van der Waals surface area contributed by atoms with E-state index in [2.05, 4.69) is 12.2 Å². The van der Waals surface area contributed by atoms with Gasteiger partial charge in [0.25, 0.3) is 0 Å². The Kier molecular flexibility index (Phi) is 4.08. The molecule has 0 bridgehead atoms. The summed E-state index contributed by atoms with van der Waals surface area (Å²) in [5, 5.41) is 3.54. The average molecular weight is 239 g/mol. The molecule has 2 saturated carbocycles. The van der Waals surface area contributed by atoms with Crippen LogP contribution >= 0.6 is 0 Å². The van der Waals surface area contributed by atoms with Gasteiger partial charge in [0.1, 0.15) is 0 Å². The molecule has 0 amide bonds. The van der Waals surface area contributed by atoms with Crippen molar-refractivity contribution in [2.45, 2.75) is 45.6 Å². The molecule has 2 fully saturated rings. The van der Waals surface area contributed by atoms with Crippen LogP contribution < -0.4 is 5.32 Å². The van der Waals surface area contributed by atoms with Gasteiger partial charge in [-0.05, 0) is 56.9 Å². The topological polar surface area (TPSA) is 38.3 Å². The molecular weight excluding hydrogens is 214 g/mol. The van der Waals surface area contributed by atoms with Crippen molar-refractivity contribution in [3.05, 3.63) is 0 Å². The van der Waals surface area contributed by atoms with Crippen LogP contribution in [0.5, 0.6) is 0 Å². The Morgan fingerprint density at radius 1 is 1.24 bits per heavy atom. The first-order valence-electron chi connectivity index (χ1n) is 6.94. The van der Waals surface area contributed by atoms with E-state index in [0.717, 1.165) is 24.3 Å². The number of hydrogen-bond donors (Lipinski definition) is 1. The Balaban J connectivity index is 1.74. The minimum Gasteiger partial charge on any atom is -0.469 e. The van der Waals surface area contributed by atoms with Crippen LogP contribution in [0, 0.1) is 23.7 Å². The van der Waals surface area contributed by atoms with Gasteiger partial charge in [0.05, 0.1) is 13.0 Å². The van der Waals surface area contributed by atoms with Crippen LogP contribution in [-0.4, -0.2) is 25.7 Å². The SMILES string of the molecule is COC(=O)C(C)C(C)NCC(C1CC1)C1CC1. The summed E-state index contributed by atoms with van der Waals surface area (Å²) in [6, 6.07) is 0.211. The van der Waals surface area contributed by atoms with Crippen molar-refractivity contribution in [2.75, 3.05) is 13.7 Å².